The molecule has 0 aliphatic rings. The van der Waals surface area contributed by atoms with E-state index in [9.17, 15) is 0 Å². The van der Waals surface area contributed by atoms with E-state index in [0.717, 1.165) is 0 Å². The molecule has 0 radical (unpaired) electrons. The van der Waals surface area contributed by atoms with E-state index in [4.69, 9.17) is 11.3 Å². The van der Waals surface area contributed by atoms with Gasteiger partial charge in [0.25, 0.3) is 0 Å². The molecule has 5 heteroatoms. The van der Waals surface area contributed by atoms with Crippen molar-refractivity contribution in [3.8, 4) is 0 Å². The second-order valence-corrected chi connectivity index (χ2v) is 0.743. The Balaban J connectivity index is 0. The van der Waals surface area contributed by atoms with Crippen LogP contribution in [0.4, 0.5) is 0 Å². The molecule has 0 heterocycles. The Kier molecular flexibility index (Phi) is 13.0. The van der Waals surface area contributed by atoms with Crippen molar-refractivity contribution in [1.82, 2.24) is 0 Å². The standard InChI is InChI=1S/C2H6N4.BrH/c3-1-2-5-6-4;/h1-3H2;1H. The highest BCUT2D eigenvalue weighted by Gasteiger charge is 1.65. The highest BCUT2D eigenvalue weighted by atomic mass is 79.9. The molecule has 0 aromatic heterocycles. The quantitative estimate of drug-likeness (QED) is 0.369. The zero-order chi connectivity index (χ0) is 4.83. The molecule has 4 nitrogen and oxygen atoms in total. The maximum Gasteiger partial charge on any atom is 0.0381 e. The number of azide groups is 1. The molecule has 0 bridgehead atoms. The van der Waals surface area contributed by atoms with Gasteiger partial charge in [-0.05, 0) is 12.1 Å². The lowest BCUT2D eigenvalue weighted by atomic mass is 10.7. The first-order valence-corrected chi connectivity index (χ1v) is 1.62. The maximum absolute atomic E-state index is 7.60. The second-order valence-electron chi connectivity index (χ2n) is 0.743. The molecule has 0 amide bonds. The molecule has 0 aliphatic carbocycles. The number of rotatable bonds is 2. The molecule has 0 aromatic carbocycles. The fourth-order valence-electron chi connectivity index (χ4n) is 0.102. The lowest BCUT2D eigenvalue weighted by Gasteiger charge is -1.73. The van der Waals surface area contributed by atoms with Gasteiger partial charge in [0.1, 0.15) is 0 Å². The van der Waals surface area contributed by atoms with Crippen LogP contribution in [0.3, 0.4) is 0 Å². The van der Waals surface area contributed by atoms with Crippen molar-refractivity contribution in [1.29, 1.82) is 0 Å². The molecule has 0 aromatic rings. The molecule has 2 N–H and O–H groups in total. The molecular weight excluding hydrogens is 160 g/mol. The topological polar surface area (TPSA) is 74.8 Å². The van der Waals surface area contributed by atoms with E-state index in [-0.39, 0.29) is 17.0 Å². The first kappa shape index (κ1) is 9.89. The summed E-state index contributed by atoms with van der Waals surface area (Å²) in [4.78, 5) is 2.47. The largest absolute Gasteiger partial charge is 0.330 e. The average Bonchev–Trinajstić information content (AvgIpc) is 1.61. The summed E-state index contributed by atoms with van der Waals surface area (Å²) in [5, 5.41) is 3.15. The Bertz CT molecular complexity index is 66.1. The summed E-state index contributed by atoms with van der Waals surface area (Å²) in [7, 11) is 0. The normalized spacial score (nSPS) is 5.86. The van der Waals surface area contributed by atoms with E-state index in [2.05, 4.69) is 10.0 Å². The van der Waals surface area contributed by atoms with Gasteiger partial charge in [-0.25, -0.2) is 0 Å². The lowest BCUT2D eigenvalue weighted by molar-refractivity contribution is 0.964. The van der Waals surface area contributed by atoms with Crippen LogP contribution in [0.15, 0.2) is 5.11 Å². The fraction of sp³-hybridized carbons (Fsp3) is 1.00. The van der Waals surface area contributed by atoms with Crippen molar-refractivity contribution in [2.45, 2.75) is 0 Å². The predicted octanol–water partition coefficient (Wildman–Crippen LogP) is 0.833. The smallest absolute Gasteiger partial charge is 0.0381 e. The summed E-state index contributed by atoms with van der Waals surface area (Å²) in [6.45, 7) is 0.834. The van der Waals surface area contributed by atoms with Gasteiger partial charge in [0.05, 0.1) is 0 Å². The highest BCUT2D eigenvalue weighted by Crippen LogP contribution is 1.61. The zero-order valence-electron chi connectivity index (χ0n) is 3.74. The van der Waals surface area contributed by atoms with Crippen molar-refractivity contribution < 1.29 is 0 Å². The van der Waals surface area contributed by atoms with Crippen molar-refractivity contribution in [2.24, 2.45) is 10.8 Å². The Labute approximate surface area is 52.1 Å². The SMILES string of the molecule is Br.[N-]=[N+]=NCCN. The van der Waals surface area contributed by atoms with Gasteiger partial charge in [-0.1, -0.05) is 5.11 Å². The number of halogens is 1. The van der Waals surface area contributed by atoms with Crippen LogP contribution in [-0.2, 0) is 0 Å². The number of hydrogen-bond donors (Lipinski definition) is 1. The molecule has 0 saturated carbocycles. The van der Waals surface area contributed by atoms with Gasteiger partial charge < -0.3 is 5.73 Å². The van der Waals surface area contributed by atoms with Crippen LogP contribution < -0.4 is 5.73 Å². The van der Waals surface area contributed by atoms with E-state index in [1.807, 2.05) is 0 Å². The molecule has 42 valence electrons. The van der Waals surface area contributed by atoms with Gasteiger partial charge in [0, 0.05) is 11.5 Å². The third-order valence-corrected chi connectivity index (χ3v) is 0.292. The summed E-state index contributed by atoms with van der Waals surface area (Å²) >= 11 is 0. The monoisotopic (exact) mass is 166 g/mol. The third-order valence-electron chi connectivity index (χ3n) is 0.292. The van der Waals surface area contributed by atoms with Gasteiger partial charge >= 0.3 is 0 Å². The van der Waals surface area contributed by atoms with Crippen LogP contribution in [0.1, 0.15) is 0 Å². The first-order chi connectivity index (χ1) is 2.91. The van der Waals surface area contributed by atoms with Crippen molar-refractivity contribution >= 4 is 17.0 Å². The third kappa shape index (κ3) is 10.7. The highest BCUT2D eigenvalue weighted by molar-refractivity contribution is 8.93. The minimum Gasteiger partial charge on any atom is -0.330 e. The minimum atomic E-state index is 0. The minimum absolute atomic E-state index is 0. The first-order valence-electron chi connectivity index (χ1n) is 1.62. The van der Waals surface area contributed by atoms with Crippen LogP contribution in [0.2, 0.25) is 0 Å². The molecule has 0 saturated heterocycles. The van der Waals surface area contributed by atoms with Crippen LogP contribution in [0, 0.1) is 0 Å². The van der Waals surface area contributed by atoms with Crippen LogP contribution >= 0.6 is 17.0 Å². The summed E-state index contributed by atoms with van der Waals surface area (Å²) in [6, 6.07) is 0. The summed E-state index contributed by atoms with van der Waals surface area (Å²) in [5.74, 6) is 0. The van der Waals surface area contributed by atoms with Crippen LogP contribution in [0.5, 0.6) is 0 Å². The fourth-order valence-corrected chi connectivity index (χ4v) is 0.102. The van der Waals surface area contributed by atoms with Crippen molar-refractivity contribution in [2.75, 3.05) is 13.1 Å². The molecule has 0 spiro atoms. The Morgan fingerprint density at radius 3 is 2.43 bits per heavy atom. The number of nitrogens with two attached hydrogens (primary N) is 1. The lowest BCUT2D eigenvalue weighted by Crippen LogP contribution is -2.00. The number of nitrogens with zero attached hydrogens (tertiary/aromatic N) is 3. The Hall–Kier alpha value is -0.250. The molecular formula is C2H7BrN4. The van der Waals surface area contributed by atoms with Gasteiger partial charge in [-0.3, -0.25) is 0 Å². The Morgan fingerprint density at radius 2 is 2.29 bits per heavy atom. The van der Waals surface area contributed by atoms with Gasteiger partial charge in [-0.2, -0.15) is 0 Å². The van der Waals surface area contributed by atoms with Gasteiger partial charge in [0.15, 0.2) is 0 Å². The predicted molar refractivity (Wildman–Crippen MR) is 33.4 cm³/mol. The van der Waals surface area contributed by atoms with Crippen molar-refractivity contribution in [3.05, 3.63) is 10.4 Å². The van der Waals surface area contributed by atoms with E-state index < -0.39 is 0 Å². The van der Waals surface area contributed by atoms with E-state index in [0.29, 0.717) is 13.1 Å². The summed E-state index contributed by atoms with van der Waals surface area (Å²) in [5.41, 5.74) is 12.5. The summed E-state index contributed by atoms with van der Waals surface area (Å²) < 4.78 is 0. The summed E-state index contributed by atoms with van der Waals surface area (Å²) in [6.07, 6.45) is 0. The van der Waals surface area contributed by atoms with Crippen molar-refractivity contribution in [3.63, 3.8) is 0 Å². The van der Waals surface area contributed by atoms with Gasteiger partial charge in [0.2, 0.25) is 0 Å². The zero-order valence-corrected chi connectivity index (χ0v) is 5.45. The molecule has 0 rings (SSSR count). The van der Waals surface area contributed by atoms with E-state index in [1.54, 1.807) is 0 Å². The van der Waals surface area contributed by atoms with Crippen LogP contribution in [0.25, 0.3) is 10.4 Å². The van der Waals surface area contributed by atoms with E-state index in [1.165, 1.54) is 0 Å². The molecule has 0 aliphatic heterocycles. The van der Waals surface area contributed by atoms with Crippen LogP contribution in [-0.4, -0.2) is 13.1 Å². The van der Waals surface area contributed by atoms with Gasteiger partial charge in [-0.15, -0.1) is 17.0 Å². The molecule has 0 fully saturated rings. The number of hydrogen-bond acceptors (Lipinski definition) is 2. The maximum atomic E-state index is 7.60. The second kappa shape index (κ2) is 9.23. The van der Waals surface area contributed by atoms with E-state index >= 15 is 0 Å². The molecule has 0 unspecified atom stereocenters. The Morgan fingerprint density at radius 1 is 1.71 bits per heavy atom. The molecule has 0 atom stereocenters. The molecule has 7 heavy (non-hydrogen) atoms. The average molecular weight is 167 g/mol.